The van der Waals surface area contributed by atoms with Crippen LogP contribution in [-0.2, 0) is 4.74 Å². The van der Waals surface area contributed by atoms with Crippen LogP contribution in [0.4, 0.5) is 0 Å². The monoisotopic (exact) mass is 210 g/mol. The van der Waals surface area contributed by atoms with Crippen LogP contribution >= 0.6 is 0 Å². The van der Waals surface area contributed by atoms with E-state index in [-0.39, 0.29) is 0 Å². The third-order valence-electron chi connectivity index (χ3n) is 3.91. The zero-order valence-electron chi connectivity index (χ0n) is 9.45. The van der Waals surface area contributed by atoms with Gasteiger partial charge in [0.15, 0.2) is 0 Å². The van der Waals surface area contributed by atoms with E-state index < -0.39 is 0 Å². The maximum absolute atomic E-state index is 5.50. The van der Waals surface area contributed by atoms with Crippen LogP contribution < -0.4 is 5.32 Å². The van der Waals surface area contributed by atoms with Gasteiger partial charge >= 0.3 is 0 Å². The first kappa shape index (κ1) is 10.1. The molecule has 0 aromatic rings. The van der Waals surface area contributed by atoms with Gasteiger partial charge in [-0.05, 0) is 32.1 Å². The first-order valence-electron chi connectivity index (χ1n) is 6.49. The summed E-state index contributed by atoms with van der Waals surface area (Å²) >= 11 is 0. The fourth-order valence-corrected chi connectivity index (χ4v) is 2.90. The fourth-order valence-electron chi connectivity index (χ4n) is 2.90. The van der Waals surface area contributed by atoms with Gasteiger partial charge in [-0.15, -0.1) is 0 Å². The Kier molecular flexibility index (Phi) is 2.95. The number of hydrogen-bond acceptors (Lipinski definition) is 3. The van der Waals surface area contributed by atoms with Crippen LogP contribution in [0.2, 0.25) is 0 Å². The second kappa shape index (κ2) is 4.40. The summed E-state index contributed by atoms with van der Waals surface area (Å²) in [5.41, 5.74) is 0. The van der Waals surface area contributed by atoms with Gasteiger partial charge in [0, 0.05) is 37.8 Å². The van der Waals surface area contributed by atoms with E-state index in [4.69, 9.17) is 4.74 Å². The summed E-state index contributed by atoms with van der Waals surface area (Å²) in [6, 6.07) is 2.31. The maximum Gasteiger partial charge on any atom is 0.0619 e. The third-order valence-corrected chi connectivity index (χ3v) is 3.91. The molecule has 0 radical (unpaired) electrons. The number of ether oxygens (including phenoxy) is 1. The standard InChI is InChI=1S/C12H22N2O/c1-2-11(9-15-7-1)13-10-5-6-14(8-10)12-3-4-12/h10-13H,1-9H2. The summed E-state index contributed by atoms with van der Waals surface area (Å²) in [4.78, 5) is 2.67. The molecule has 3 rings (SSSR count). The lowest BCUT2D eigenvalue weighted by atomic mass is 10.1. The fraction of sp³-hybridized carbons (Fsp3) is 1.00. The molecule has 0 aromatic carbocycles. The Morgan fingerprint density at radius 2 is 2.00 bits per heavy atom. The third kappa shape index (κ3) is 2.52. The van der Waals surface area contributed by atoms with Gasteiger partial charge in [-0.2, -0.15) is 0 Å². The Labute approximate surface area is 92.2 Å². The Bertz CT molecular complexity index is 212. The van der Waals surface area contributed by atoms with Gasteiger partial charge in [0.2, 0.25) is 0 Å². The van der Waals surface area contributed by atoms with E-state index in [1.165, 1.54) is 45.2 Å². The van der Waals surface area contributed by atoms with Gasteiger partial charge in [-0.25, -0.2) is 0 Å². The second-order valence-corrected chi connectivity index (χ2v) is 5.29. The van der Waals surface area contributed by atoms with Gasteiger partial charge in [0.25, 0.3) is 0 Å². The molecule has 0 bridgehead atoms. The molecule has 2 atom stereocenters. The highest BCUT2D eigenvalue weighted by molar-refractivity contribution is 4.92. The minimum absolute atomic E-state index is 0.628. The number of rotatable bonds is 3. The Morgan fingerprint density at radius 3 is 2.73 bits per heavy atom. The van der Waals surface area contributed by atoms with Gasteiger partial charge in [-0.1, -0.05) is 0 Å². The molecule has 2 unspecified atom stereocenters. The lowest BCUT2D eigenvalue weighted by molar-refractivity contribution is 0.0666. The molecule has 2 heterocycles. The lowest BCUT2D eigenvalue weighted by Gasteiger charge is -2.26. The minimum atomic E-state index is 0.628. The number of nitrogens with zero attached hydrogens (tertiary/aromatic N) is 1. The zero-order valence-corrected chi connectivity index (χ0v) is 9.45. The van der Waals surface area contributed by atoms with E-state index >= 15 is 0 Å². The summed E-state index contributed by atoms with van der Waals surface area (Å²) in [6.45, 7) is 4.49. The average Bonchev–Trinajstić information content (AvgIpc) is 3.02. The van der Waals surface area contributed by atoms with Crippen LogP contribution in [0.3, 0.4) is 0 Å². The summed E-state index contributed by atoms with van der Waals surface area (Å²) in [6.07, 6.45) is 6.77. The van der Waals surface area contributed by atoms with E-state index in [1.54, 1.807) is 0 Å². The molecule has 1 aliphatic carbocycles. The van der Waals surface area contributed by atoms with E-state index in [1.807, 2.05) is 0 Å². The molecule has 2 aliphatic heterocycles. The van der Waals surface area contributed by atoms with Crippen molar-refractivity contribution in [3.8, 4) is 0 Å². The van der Waals surface area contributed by atoms with Crippen LogP contribution in [0, 0.1) is 0 Å². The molecule has 0 aromatic heterocycles. The van der Waals surface area contributed by atoms with Crippen molar-refractivity contribution in [3.05, 3.63) is 0 Å². The first-order chi connectivity index (χ1) is 7.42. The maximum atomic E-state index is 5.50. The van der Waals surface area contributed by atoms with Crippen molar-refractivity contribution in [2.45, 2.75) is 50.2 Å². The number of hydrogen-bond donors (Lipinski definition) is 1. The molecule has 1 saturated carbocycles. The van der Waals surface area contributed by atoms with Crippen LogP contribution in [0.1, 0.15) is 32.1 Å². The second-order valence-electron chi connectivity index (χ2n) is 5.29. The molecule has 3 aliphatic rings. The van der Waals surface area contributed by atoms with E-state index in [2.05, 4.69) is 10.2 Å². The van der Waals surface area contributed by atoms with Crippen LogP contribution in [0.15, 0.2) is 0 Å². The number of nitrogens with one attached hydrogen (secondary N) is 1. The van der Waals surface area contributed by atoms with Crippen molar-refractivity contribution in [3.63, 3.8) is 0 Å². The lowest BCUT2D eigenvalue weighted by Crippen LogP contribution is -2.44. The molecule has 3 heteroatoms. The van der Waals surface area contributed by atoms with Gasteiger partial charge in [0.05, 0.1) is 6.61 Å². The van der Waals surface area contributed by atoms with Gasteiger partial charge in [-0.3, -0.25) is 4.90 Å². The van der Waals surface area contributed by atoms with Gasteiger partial charge < -0.3 is 10.1 Å². The number of likely N-dealkylation sites (tertiary alicyclic amines) is 1. The van der Waals surface area contributed by atoms with Crippen LogP contribution in [0.5, 0.6) is 0 Å². The topological polar surface area (TPSA) is 24.5 Å². The van der Waals surface area contributed by atoms with Crippen LogP contribution in [0.25, 0.3) is 0 Å². The molecule has 0 amide bonds. The Hall–Kier alpha value is -0.120. The molecule has 3 fully saturated rings. The Balaban J connectivity index is 1.43. The van der Waals surface area contributed by atoms with Gasteiger partial charge in [0.1, 0.15) is 0 Å². The van der Waals surface area contributed by atoms with E-state index in [0.29, 0.717) is 6.04 Å². The zero-order chi connectivity index (χ0) is 10.1. The molecule has 86 valence electrons. The average molecular weight is 210 g/mol. The minimum Gasteiger partial charge on any atom is -0.380 e. The Morgan fingerprint density at radius 1 is 1.07 bits per heavy atom. The predicted octanol–water partition coefficient (Wildman–Crippen LogP) is 0.992. The van der Waals surface area contributed by atoms with E-state index in [9.17, 15) is 0 Å². The highest BCUT2D eigenvalue weighted by Gasteiger charge is 2.34. The van der Waals surface area contributed by atoms with Crippen molar-refractivity contribution >= 4 is 0 Å². The molecule has 3 nitrogen and oxygen atoms in total. The van der Waals surface area contributed by atoms with Crippen molar-refractivity contribution in [2.75, 3.05) is 26.3 Å². The van der Waals surface area contributed by atoms with Crippen LogP contribution in [-0.4, -0.2) is 49.3 Å². The van der Waals surface area contributed by atoms with E-state index in [0.717, 1.165) is 25.3 Å². The smallest absolute Gasteiger partial charge is 0.0619 e. The first-order valence-corrected chi connectivity index (χ1v) is 6.49. The molecule has 2 saturated heterocycles. The molecule has 1 N–H and O–H groups in total. The van der Waals surface area contributed by atoms with Crippen molar-refractivity contribution in [1.82, 2.24) is 10.2 Å². The van der Waals surface area contributed by atoms with Crippen molar-refractivity contribution in [1.29, 1.82) is 0 Å². The SMILES string of the molecule is C1COCC(NC2CCN(C3CC3)C2)C1. The molecular formula is C12H22N2O. The summed E-state index contributed by atoms with van der Waals surface area (Å²) in [5, 5.41) is 3.76. The summed E-state index contributed by atoms with van der Waals surface area (Å²) in [5.74, 6) is 0. The predicted molar refractivity (Wildman–Crippen MR) is 60.0 cm³/mol. The quantitative estimate of drug-likeness (QED) is 0.752. The molecular weight excluding hydrogens is 188 g/mol. The normalized spacial score (nSPS) is 38.4. The highest BCUT2D eigenvalue weighted by atomic mass is 16.5. The van der Waals surface area contributed by atoms with Crippen molar-refractivity contribution < 1.29 is 4.74 Å². The van der Waals surface area contributed by atoms with Crippen molar-refractivity contribution in [2.24, 2.45) is 0 Å². The summed E-state index contributed by atoms with van der Waals surface area (Å²) < 4.78 is 5.50. The summed E-state index contributed by atoms with van der Waals surface area (Å²) in [7, 11) is 0. The molecule has 0 spiro atoms. The largest absolute Gasteiger partial charge is 0.380 e. The highest BCUT2D eigenvalue weighted by Crippen LogP contribution is 2.30. The molecule has 15 heavy (non-hydrogen) atoms.